The second kappa shape index (κ2) is 10.7. The number of rotatable bonds is 9. The fourth-order valence-electron chi connectivity index (χ4n) is 2.49. The summed E-state index contributed by atoms with van der Waals surface area (Å²) in [5.74, 6) is -1.18. The second-order valence-electron chi connectivity index (χ2n) is 7.21. The number of nitrogens with zero attached hydrogens (tertiary/aromatic N) is 1. The highest BCUT2D eigenvalue weighted by Crippen LogP contribution is 2.12. The number of carbonyl (C=O) groups is 3. The van der Waals surface area contributed by atoms with Crippen LogP contribution in [0.5, 0.6) is 0 Å². The Balaban J connectivity index is 1.98. The summed E-state index contributed by atoms with van der Waals surface area (Å²) in [5.41, 5.74) is 0.691. The number of hydrogen-bond donors (Lipinski definition) is 2. The minimum atomic E-state index is -4.11. The third kappa shape index (κ3) is 7.18. The standard InChI is InChI=1S/C21H25N3O6S/c1-14(2)4-11-19(25)23-12-15-5-8-17(9-6-15)31(28,29)24-20(26)16-7-10-18(22-13-16)21(27)30-3/h5-10,13-14H,4,11-12H2,1-3H3,(H,23,25)(H,24,26). The summed E-state index contributed by atoms with van der Waals surface area (Å²) in [4.78, 5) is 39.1. The molecule has 0 saturated heterocycles. The first-order valence-corrected chi connectivity index (χ1v) is 11.1. The third-order valence-corrected chi connectivity index (χ3v) is 5.67. The molecule has 0 unspecified atom stereocenters. The van der Waals surface area contributed by atoms with Crippen LogP contribution in [0.15, 0.2) is 47.5 Å². The van der Waals surface area contributed by atoms with Crippen molar-refractivity contribution in [3.63, 3.8) is 0 Å². The van der Waals surface area contributed by atoms with E-state index in [9.17, 15) is 22.8 Å². The van der Waals surface area contributed by atoms with Crippen molar-refractivity contribution in [2.45, 2.75) is 38.1 Å². The number of ether oxygens (including phenoxy) is 1. The van der Waals surface area contributed by atoms with Crippen molar-refractivity contribution in [1.29, 1.82) is 0 Å². The van der Waals surface area contributed by atoms with E-state index in [1.165, 1.54) is 31.4 Å². The van der Waals surface area contributed by atoms with Gasteiger partial charge < -0.3 is 10.1 Å². The minimum absolute atomic E-state index is 0.00575. The maximum atomic E-state index is 12.5. The molecule has 1 aromatic carbocycles. The lowest BCUT2D eigenvalue weighted by atomic mass is 10.1. The number of aromatic nitrogens is 1. The van der Waals surface area contributed by atoms with E-state index in [4.69, 9.17) is 0 Å². The van der Waals surface area contributed by atoms with E-state index in [0.717, 1.165) is 18.2 Å². The average molecular weight is 448 g/mol. The fraction of sp³-hybridized carbons (Fsp3) is 0.333. The van der Waals surface area contributed by atoms with Gasteiger partial charge >= 0.3 is 5.97 Å². The second-order valence-corrected chi connectivity index (χ2v) is 8.89. The number of carbonyl (C=O) groups excluding carboxylic acids is 3. The number of amides is 2. The molecule has 2 N–H and O–H groups in total. The molecule has 0 bridgehead atoms. The van der Waals surface area contributed by atoms with Gasteiger partial charge in [0.05, 0.1) is 17.6 Å². The van der Waals surface area contributed by atoms with Gasteiger partial charge in [-0.2, -0.15) is 0 Å². The number of methoxy groups -OCH3 is 1. The monoisotopic (exact) mass is 447 g/mol. The summed E-state index contributed by atoms with van der Waals surface area (Å²) < 4.78 is 31.4. The molecule has 166 valence electrons. The van der Waals surface area contributed by atoms with Crippen molar-refractivity contribution in [3.8, 4) is 0 Å². The normalized spacial score (nSPS) is 11.1. The van der Waals surface area contributed by atoms with Gasteiger partial charge in [0.15, 0.2) is 0 Å². The van der Waals surface area contributed by atoms with Gasteiger partial charge in [-0.1, -0.05) is 26.0 Å². The topological polar surface area (TPSA) is 132 Å². The molecule has 0 saturated carbocycles. The Labute approximate surface area is 181 Å². The fourth-order valence-corrected chi connectivity index (χ4v) is 3.46. The lowest BCUT2D eigenvalue weighted by molar-refractivity contribution is -0.121. The Morgan fingerprint density at radius 2 is 1.74 bits per heavy atom. The van der Waals surface area contributed by atoms with E-state index >= 15 is 0 Å². The molecule has 1 aromatic heterocycles. The highest BCUT2D eigenvalue weighted by Gasteiger charge is 2.19. The molecule has 2 amide bonds. The van der Waals surface area contributed by atoms with E-state index in [-0.39, 0.29) is 28.6 Å². The Kier molecular flexibility index (Phi) is 8.26. The van der Waals surface area contributed by atoms with Gasteiger partial charge in [-0.05, 0) is 42.2 Å². The zero-order valence-electron chi connectivity index (χ0n) is 17.5. The predicted octanol–water partition coefficient (Wildman–Crippen LogP) is 2.04. The molecule has 2 aromatic rings. The molecule has 0 aliphatic carbocycles. The molecule has 1 heterocycles. The van der Waals surface area contributed by atoms with Crippen LogP contribution in [0, 0.1) is 5.92 Å². The van der Waals surface area contributed by atoms with Crippen LogP contribution in [0.1, 0.15) is 53.1 Å². The lowest BCUT2D eigenvalue weighted by Crippen LogP contribution is -2.30. The molecular weight excluding hydrogens is 422 g/mol. The highest BCUT2D eigenvalue weighted by atomic mass is 32.2. The average Bonchev–Trinajstić information content (AvgIpc) is 2.75. The minimum Gasteiger partial charge on any atom is -0.464 e. The van der Waals surface area contributed by atoms with E-state index in [0.29, 0.717) is 12.3 Å². The van der Waals surface area contributed by atoms with E-state index in [1.54, 1.807) is 12.1 Å². The maximum Gasteiger partial charge on any atom is 0.356 e. The first-order valence-electron chi connectivity index (χ1n) is 9.59. The number of benzene rings is 1. The number of sulfonamides is 1. The Hall–Kier alpha value is -3.27. The number of hydrogen-bond acceptors (Lipinski definition) is 7. The number of nitrogens with one attached hydrogen (secondary N) is 2. The third-order valence-electron chi connectivity index (χ3n) is 4.32. The van der Waals surface area contributed by atoms with Gasteiger partial charge in [0.25, 0.3) is 15.9 Å². The SMILES string of the molecule is COC(=O)c1ccc(C(=O)NS(=O)(=O)c2ccc(CNC(=O)CCC(C)C)cc2)cn1. The molecule has 0 fully saturated rings. The Morgan fingerprint density at radius 3 is 2.29 bits per heavy atom. The summed E-state index contributed by atoms with van der Waals surface area (Å²) in [6.45, 7) is 4.36. The zero-order valence-corrected chi connectivity index (χ0v) is 18.4. The smallest absolute Gasteiger partial charge is 0.356 e. The van der Waals surface area contributed by atoms with Gasteiger partial charge in [0, 0.05) is 19.2 Å². The Morgan fingerprint density at radius 1 is 1.06 bits per heavy atom. The first-order chi connectivity index (χ1) is 14.6. The summed E-state index contributed by atoms with van der Waals surface area (Å²) in [6, 6.07) is 8.36. The first kappa shape index (κ1) is 24.0. The zero-order chi connectivity index (χ0) is 23.0. The van der Waals surface area contributed by atoms with Crippen LogP contribution in [0.3, 0.4) is 0 Å². The predicted molar refractivity (Wildman–Crippen MR) is 113 cm³/mol. The van der Waals surface area contributed by atoms with Crippen molar-refractivity contribution in [3.05, 3.63) is 59.4 Å². The van der Waals surface area contributed by atoms with Gasteiger partial charge in [-0.3, -0.25) is 9.59 Å². The van der Waals surface area contributed by atoms with Crippen molar-refractivity contribution in [1.82, 2.24) is 15.0 Å². The lowest BCUT2D eigenvalue weighted by Gasteiger charge is -2.09. The highest BCUT2D eigenvalue weighted by molar-refractivity contribution is 7.90. The molecule has 0 spiro atoms. The van der Waals surface area contributed by atoms with Crippen LogP contribution in [0.2, 0.25) is 0 Å². The van der Waals surface area contributed by atoms with Crippen LogP contribution >= 0.6 is 0 Å². The molecule has 31 heavy (non-hydrogen) atoms. The molecule has 0 atom stereocenters. The number of esters is 1. The van der Waals surface area contributed by atoms with Gasteiger partial charge in [-0.25, -0.2) is 22.9 Å². The molecule has 0 radical (unpaired) electrons. The van der Waals surface area contributed by atoms with Crippen LogP contribution in [0.25, 0.3) is 0 Å². The molecule has 2 rings (SSSR count). The maximum absolute atomic E-state index is 12.5. The molecule has 10 heteroatoms. The summed E-state index contributed by atoms with van der Waals surface area (Å²) in [5, 5.41) is 2.78. The van der Waals surface area contributed by atoms with Gasteiger partial charge in [0.1, 0.15) is 5.69 Å². The molecule has 0 aliphatic rings. The van der Waals surface area contributed by atoms with Crippen LogP contribution in [-0.2, 0) is 26.1 Å². The number of pyridine rings is 1. The van der Waals surface area contributed by atoms with Gasteiger partial charge in [-0.15, -0.1) is 0 Å². The summed E-state index contributed by atoms with van der Waals surface area (Å²) >= 11 is 0. The molecule has 0 aliphatic heterocycles. The largest absolute Gasteiger partial charge is 0.464 e. The van der Waals surface area contributed by atoms with Crippen molar-refractivity contribution < 1.29 is 27.5 Å². The molecule has 9 nitrogen and oxygen atoms in total. The molecular formula is C21H25N3O6S. The van der Waals surface area contributed by atoms with E-state index in [2.05, 4.69) is 15.0 Å². The van der Waals surface area contributed by atoms with Crippen molar-refractivity contribution in [2.75, 3.05) is 7.11 Å². The van der Waals surface area contributed by atoms with Crippen molar-refractivity contribution in [2.24, 2.45) is 5.92 Å². The van der Waals surface area contributed by atoms with Gasteiger partial charge in [0.2, 0.25) is 5.91 Å². The van der Waals surface area contributed by atoms with Crippen molar-refractivity contribution >= 4 is 27.8 Å². The summed E-state index contributed by atoms with van der Waals surface area (Å²) in [7, 11) is -2.91. The van der Waals surface area contributed by atoms with Crippen LogP contribution in [0.4, 0.5) is 0 Å². The van der Waals surface area contributed by atoms with E-state index < -0.39 is 21.9 Å². The van der Waals surface area contributed by atoms with Crippen LogP contribution < -0.4 is 10.0 Å². The van der Waals surface area contributed by atoms with Crippen LogP contribution in [-0.4, -0.2) is 38.3 Å². The Bertz CT molecular complexity index is 1030. The summed E-state index contributed by atoms with van der Waals surface area (Å²) in [6.07, 6.45) is 2.32. The quantitative estimate of drug-likeness (QED) is 0.562. The van der Waals surface area contributed by atoms with E-state index in [1.807, 2.05) is 18.6 Å².